The number of rotatable bonds is 5. The molecule has 1 aliphatic rings. The predicted molar refractivity (Wildman–Crippen MR) is 100 cm³/mol. The fourth-order valence-corrected chi connectivity index (χ4v) is 5.34. The Morgan fingerprint density at radius 1 is 1.03 bits per heavy atom. The molecule has 2 N–H and O–H groups in total. The van der Waals surface area contributed by atoms with Crippen LogP contribution in [0.5, 0.6) is 0 Å². The number of halogens is 7. The van der Waals surface area contributed by atoms with Gasteiger partial charge in [-0.05, 0) is 50.8 Å². The molecule has 3 rings (SSSR count). The number of carbonyl (C=O) groups excluding carboxylic acids is 1. The molecule has 14 heteroatoms. The zero-order valence-electron chi connectivity index (χ0n) is 17.1. The van der Waals surface area contributed by atoms with Gasteiger partial charge in [-0.2, -0.15) is 31.4 Å². The van der Waals surface area contributed by atoms with Crippen molar-refractivity contribution < 1.29 is 43.9 Å². The second-order valence-electron chi connectivity index (χ2n) is 8.28. The van der Waals surface area contributed by atoms with Gasteiger partial charge in [0.05, 0.1) is 15.2 Å². The summed E-state index contributed by atoms with van der Waals surface area (Å²) in [6, 6.07) is 1.03. The molecular formula is C19H18F7N3O3S. The van der Waals surface area contributed by atoms with Crippen LogP contribution in [0.4, 0.5) is 30.7 Å². The Morgan fingerprint density at radius 2 is 1.64 bits per heavy atom. The highest BCUT2D eigenvalue weighted by Crippen LogP contribution is 2.44. The second kappa shape index (κ2) is 7.99. The van der Waals surface area contributed by atoms with Gasteiger partial charge in [-0.25, -0.2) is 12.8 Å². The fraction of sp³-hybridized carbons (Fsp3) is 0.474. The molecule has 0 spiro atoms. The molecule has 1 saturated carbocycles. The highest BCUT2D eigenvalue weighted by molar-refractivity contribution is 7.92. The van der Waals surface area contributed by atoms with Gasteiger partial charge >= 0.3 is 12.4 Å². The molecule has 0 bridgehead atoms. The average Bonchev–Trinajstić information content (AvgIpc) is 3.13. The Balaban J connectivity index is 1.71. The number of aromatic nitrogens is 2. The van der Waals surface area contributed by atoms with Gasteiger partial charge in [0.25, 0.3) is 5.91 Å². The molecule has 1 aromatic carbocycles. The summed E-state index contributed by atoms with van der Waals surface area (Å²) in [5.41, 5.74) is -3.15. The Bertz CT molecular complexity index is 1160. The lowest BCUT2D eigenvalue weighted by Crippen LogP contribution is -2.53. The highest BCUT2D eigenvalue weighted by Gasteiger charge is 2.49. The van der Waals surface area contributed by atoms with Crippen LogP contribution in [-0.4, -0.2) is 35.3 Å². The summed E-state index contributed by atoms with van der Waals surface area (Å²) in [4.78, 5) is 11.3. The van der Waals surface area contributed by atoms with Crippen LogP contribution in [0.1, 0.15) is 48.4 Å². The van der Waals surface area contributed by atoms with Gasteiger partial charge < -0.3 is 5.32 Å². The van der Waals surface area contributed by atoms with Crippen LogP contribution in [0.2, 0.25) is 0 Å². The van der Waals surface area contributed by atoms with Crippen LogP contribution in [0.25, 0.3) is 0 Å². The molecule has 2 aromatic rings. The number of alkyl halides is 6. The number of nitrogens with zero attached hydrogens (tertiary/aromatic N) is 1. The van der Waals surface area contributed by atoms with E-state index in [1.807, 2.05) is 5.10 Å². The topological polar surface area (TPSA) is 91.9 Å². The monoisotopic (exact) mass is 501 g/mol. The van der Waals surface area contributed by atoms with Crippen molar-refractivity contribution in [2.45, 2.75) is 54.7 Å². The lowest BCUT2D eigenvalue weighted by molar-refractivity contribution is -0.141. The van der Waals surface area contributed by atoms with E-state index in [9.17, 15) is 43.9 Å². The van der Waals surface area contributed by atoms with Crippen molar-refractivity contribution >= 4 is 15.7 Å². The molecule has 0 radical (unpaired) electrons. The minimum Gasteiger partial charge on any atom is -0.348 e. The third kappa shape index (κ3) is 4.84. The predicted octanol–water partition coefficient (Wildman–Crippen LogP) is 4.35. The van der Waals surface area contributed by atoms with Crippen LogP contribution in [0.3, 0.4) is 0 Å². The lowest BCUT2D eigenvalue weighted by Gasteiger charge is -2.44. The van der Waals surface area contributed by atoms with Crippen molar-refractivity contribution in [1.82, 2.24) is 15.5 Å². The van der Waals surface area contributed by atoms with Crippen LogP contribution in [0.15, 0.2) is 29.2 Å². The Kier molecular flexibility index (Phi) is 6.05. The van der Waals surface area contributed by atoms with Gasteiger partial charge in [-0.3, -0.25) is 9.89 Å². The third-order valence-electron chi connectivity index (χ3n) is 5.77. The zero-order valence-corrected chi connectivity index (χ0v) is 17.9. The van der Waals surface area contributed by atoms with Crippen LogP contribution >= 0.6 is 0 Å². The first-order valence-corrected chi connectivity index (χ1v) is 11.0. The van der Waals surface area contributed by atoms with Crippen LogP contribution in [-0.2, 0) is 22.2 Å². The molecule has 1 aromatic heterocycles. The van der Waals surface area contributed by atoms with Gasteiger partial charge in [0.1, 0.15) is 11.5 Å². The van der Waals surface area contributed by atoms with E-state index in [2.05, 4.69) is 10.4 Å². The summed E-state index contributed by atoms with van der Waals surface area (Å²) >= 11 is 0. The quantitative estimate of drug-likeness (QED) is 0.596. The maximum absolute atomic E-state index is 13.7. The van der Waals surface area contributed by atoms with E-state index in [-0.39, 0.29) is 18.9 Å². The van der Waals surface area contributed by atoms with Gasteiger partial charge in [0.2, 0.25) is 0 Å². The largest absolute Gasteiger partial charge is 0.435 e. The normalized spacial score (nSPS) is 19.8. The van der Waals surface area contributed by atoms with E-state index < -0.39 is 72.5 Å². The average molecular weight is 501 g/mol. The van der Waals surface area contributed by atoms with Crippen LogP contribution < -0.4 is 5.32 Å². The van der Waals surface area contributed by atoms with E-state index >= 15 is 0 Å². The summed E-state index contributed by atoms with van der Waals surface area (Å²) in [6.07, 6.45) is -9.49. The molecule has 0 unspecified atom stereocenters. The van der Waals surface area contributed by atoms with Crippen molar-refractivity contribution in [2.75, 3.05) is 0 Å². The van der Waals surface area contributed by atoms with E-state index in [1.165, 1.54) is 13.8 Å². The van der Waals surface area contributed by atoms with Crippen LogP contribution in [0, 0.1) is 11.7 Å². The summed E-state index contributed by atoms with van der Waals surface area (Å²) in [6.45, 7) is 2.57. The summed E-state index contributed by atoms with van der Waals surface area (Å²) in [5.74, 6) is -2.84. The first kappa shape index (κ1) is 25.0. The highest BCUT2D eigenvalue weighted by atomic mass is 32.2. The third-order valence-corrected chi connectivity index (χ3v) is 8.35. The number of nitrogens with one attached hydrogen (secondary N) is 2. The standard InChI is InChI=1S/C19H18F7N3O3S/c1-17(2,33(31,32)13-6-10(18(21,22)23)3-11(20)7-13)9-4-12(5-9)27-16(30)14-8-15(29-28-14)19(24,25)26/h3,6-9,12H,4-5H2,1-2H3,(H,27,30)(H,28,29)/t9-,12+. The zero-order chi connectivity index (χ0) is 25.0. The van der Waals surface area contributed by atoms with Crippen molar-refractivity contribution in [3.63, 3.8) is 0 Å². The molecule has 33 heavy (non-hydrogen) atoms. The number of hydrogen-bond acceptors (Lipinski definition) is 4. The molecule has 1 fully saturated rings. The molecule has 0 aliphatic heterocycles. The first-order valence-electron chi connectivity index (χ1n) is 9.49. The van der Waals surface area contributed by atoms with E-state index in [0.717, 1.165) is 0 Å². The van der Waals surface area contributed by atoms with Crippen molar-refractivity contribution in [3.05, 3.63) is 47.0 Å². The molecule has 1 amide bonds. The number of aromatic amines is 1. The Morgan fingerprint density at radius 3 is 2.15 bits per heavy atom. The number of hydrogen-bond donors (Lipinski definition) is 2. The number of carbonyl (C=O) groups is 1. The molecule has 1 aliphatic carbocycles. The van der Waals surface area contributed by atoms with Crippen molar-refractivity contribution in [1.29, 1.82) is 0 Å². The second-order valence-corrected chi connectivity index (χ2v) is 10.8. The van der Waals surface area contributed by atoms with Gasteiger partial charge in [-0.1, -0.05) is 0 Å². The van der Waals surface area contributed by atoms with Crippen molar-refractivity contribution in [3.8, 4) is 0 Å². The minimum atomic E-state index is -4.94. The molecule has 182 valence electrons. The molecule has 0 saturated heterocycles. The van der Waals surface area contributed by atoms with E-state index in [1.54, 1.807) is 0 Å². The fourth-order valence-electron chi connectivity index (χ4n) is 3.55. The number of sulfone groups is 1. The SMILES string of the molecule is CC(C)([C@H]1C[C@@H](NC(=O)c2cc(C(F)(F)F)n[nH]2)C1)S(=O)(=O)c1cc(F)cc(C(F)(F)F)c1. The summed E-state index contributed by atoms with van der Waals surface area (Å²) in [5, 5.41) is 7.43. The maximum Gasteiger partial charge on any atom is 0.435 e. The Hall–Kier alpha value is -2.64. The smallest absolute Gasteiger partial charge is 0.348 e. The van der Waals surface area contributed by atoms with E-state index in [0.29, 0.717) is 18.2 Å². The summed E-state index contributed by atoms with van der Waals surface area (Å²) < 4.78 is 115. The minimum absolute atomic E-state index is 0.0969. The molecular weight excluding hydrogens is 483 g/mol. The first-order chi connectivity index (χ1) is 14.9. The number of H-pyrrole nitrogens is 1. The Labute approximate surface area is 183 Å². The molecule has 0 atom stereocenters. The van der Waals surface area contributed by atoms with Crippen molar-refractivity contribution in [2.24, 2.45) is 5.92 Å². The molecule has 6 nitrogen and oxygen atoms in total. The number of benzene rings is 1. The molecule has 1 heterocycles. The van der Waals surface area contributed by atoms with E-state index in [4.69, 9.17) is 0 Å². The number of amides is 1. The van der Waals surface area contributed by atoms with Gasteiger partial charge in [0.15, 0.2) is 15.5 Å². The maximum atomic E-state index is 13.7. The van der Waals surface area contributed by atoms with Gasteiger partial charge in [-0.15, -0.1) is 0 Å². The van der Waals surface area contributed by atoms with Gasteiger partial charge in [0, 0.05) is 12.1 Å². The lowest BCUT2D eigenvalue weighted by atomic mass is 9.73. The summed E-state index contributed by atoms with van der Waals surface area (Å²) in [7, 11) is -4.41.